The highest BCUT2D eigenvalue weighted by molar-refractivity contribution is 5.18. The van der Waals surface area contributed by atoms with Crippen LogP contribution in [0.2, 0.25) is 0 Å². The molecule has 0 aromatic rings. The average Bonchev–Trinajstić information content (AvgIpc) is 2.74. The summed E-state index contributed by atoms with van der Waals surface area (Å²) in [7, 11) is 0. The minimum Gasteiger partial charge on any atom is -0.396 e. The van der Waals surface area contributed by atoms with Crippen molar-refractivity contribution in [2.75, 3.05) is 6.61 Å². The van der Waals surface area contributed by atoms with E-state index in [1.54, 1.807) is 0 Å². The van der Waals surface area contributed by atoms with Gasteiger partial charge in [-0.15, -0.1) is 0 Å². The van der Waals surface area contributed by atoms with Crippen LogP contribution in [-0.2, 0) is 0 Å². The largest absolute Gasteiger partial charge is 0.396 e. The lowest BCUT2D eigenvalue weighted by Crippen LogP contribution is -2.66. The quantitative estimate of drug-likeness (QED) is 0.449. The van der Waals surface area contributed by atoms with E-state index in [9.17, 15) is 10.2 Å². The first-order chi connectivity index (χ1) is 14.9. The molecule has 2 N–H and O–H groups in total. The van der Waals surface area contributed by atoms with Gasteiger partial charge in [-0.3, -0.25) is 0 Å². The molecule has 2 heteroatoms. The average molecular weight is 445 g/mol. The van der Waals surface area contributed by atoms with Crippen molar-refractivity contribution in [1.29, 1.82) is 0 Å². The molecule has 32 heavy (non-hydrogen) atoms. The topological polar surface area (TPSA) is 40.5 Å². The second-order valence-corrected chi connectivity index (χ2v) is 13.9. The lowest BCUT2D eigenvalue weighted by atomic mass is 9.32. The van der Waals surface area contributed by atoms with Gasteiger partial charge in [0.15, 0.2) is 0 Å². The third-order valence-corrected chi connectivity index (χ3v) is 12.8. The molecule has 4 aliphatic carbocycles. The molecular weight excluding hydrogens is 392 g/mol. The van der Waals surface area contributed by atoms with Crippen molar-refractivity contribution >= 4 is 0 Å². The van der Waals surface area contributed by atoms with Crippen LogP contribution in [0.3, 0.4) is 0 Å². The maximum Gasteiger partial charge on any atom is 0.0568 e. The standard InChI is InChI=1S/C30H52O2/c1-9-21(19(2)3)26-23-10-11-25-28(6)14-13-24(32)20(4)22(28)12-15-30(25,8)29(23,7)17-16-27(26,5)18-31/h20-26,31-32H,2,9-18H2,1,3-8H3/t20?,21-,22?,23?,24?,25?,26?,27?,28?,29+,30?/m0/s1. The molecule has 4 saturated carbocycles. The van der Waals surface area contributed by atoms with E-state index in [1.807, 2.05) is 0 Å². The number of aliphatic hydroxyl groups excluding tert-OH is 2. The maximum absolute atomic E-state index is 10.7. The summed E-state index contributed by atoms with van der Waals surface area (Å²) in [5, 5.41) is 21.3. The normalized spacial score (nSPS) is 54.2. The van der Waals surface area contributed by atoms with E-state index in [4.69, 9.17) is 0 Å². The monoisotopic (exact) mass is 444 g/mol. The van der Waals surface area contributed by atoms with Gasteiger partial charge in [-0.25, -0.2) is 0 Å². The van der Waals surface area contributed by atoms with Crippen molar-refractivity contribution in [3.63, 3.8) is 0 Å². The van der Waals surface area contributed by atoms with Gasteiger partial charge in [0.05, 0.1) is 6.10 Å². The Kier molecular flexibility index (Phi) is 6.28. The Morgan fingerprint density at radius 1 is 0.938 bits per heavy atom. The van der Waals surface area contributed by atoms with Gasteiger partial charge < -0.3 is 10.2 Å². The molecule has 2 nitrogen and oxygen atoms in total. The number of hydrogen-bond donors (Lipinski definition) is 2. The van der Waals surface area contributed by atoms with Gasteiger partial charge in [-0.2, -0.15) is 0 Å². The summed E-state index contributed by atoms with van der Waals surface area (Å²) in [5.74, 6) is 3.58. The third-order valence-electron chi connectivity index (χ3n) is 12.8. The van der Waals surface area contributed by atoms with E-state index in [1.165, 1.54) is 44.1 Å². The summed E-state index contributed by atoms with van der Waals surface area (Å²) in [6.07, 6.45) is 10.8. The van der Waals surface area contributed by atoms with E-state index in [0.717, 1.165) is 25.2 Å². The fourth-order valence-corrected chi connectivity index (χ4v) is 10.7. The molecular formula is C30H52O2. The lowest BCUT2D eigenvalue weighted by molar-refractivity contribution is -0.241. The number of fused-ring (bicyclic) bond motifs is 5. The van der Waals surface area contributed by atoms with Crippen LogP contribution in [0.1, 0.15) is 106 Å². The molecule has 0 saturated heterocycles. The Morgan fingerprint density at radius 2 is 1.62 bits per heavy atom. The predicted octanol–water partition coefficient (Wildman–Crippen LogP) is 7.24. The molecule has 0 amide bonds. The number of aliphatic hydroxyl groups is 2. The summed E-state index contributed by atoms with van der Waals surface area (Å²) in [5.41, 5.74) is 2.37. The molecule has 0 heterocycles. The molecule has 4 aliphatic rings. The van der Waals surface area contributed by atoms with Crippen LogP contribution in [0.25, 0.3) is 0 Å². The van der Waals surface area contributed by atoms with Gasteiger partial charge in [-0.05, 0) is 122 Å². The molecule has 0 aliphatic heterocycles. The number of hydrogen-bond acceptors (Lipinski definition) is 2. The highest BCUT2D eigenvalue weighted by Crippen LogP contribution is 2.75. The van der Waals surface area contributed by atoms with Gasteiger partial charge in [0.2, 0.25) is 0 Å². The molecule has 184 valence electrons. The van der Waals surface area contributed by atoms with Crippen molar-refractivity contribution in [3.05, 3.63) is 12.2 Å². The van der Waals surface area contributed by atoms with E-state index < -0.39 is 0 Å². The third kappa shape index (κ3) is 3.17. The molecule has 0 radical (unpaired) electrons. The first-order valence-corrected chi connectivity index (χ1v) is 13.8. The molecule has 0 aromatic heterocycles. The van der Waals surface area contributed by atoms with Crippen molar-refractivity contribution in [3.8, 4) is 0 Å². The Balaban J connectivity index is 1.76. The second kappa shape index (κ2) is 8.11. The zero-order valence-corrected chi connectivity index (χ0v) is 22.2. The van der Waals surface area contributed by atoms with Gasteiger partial charge in [0, 0.05) is 6.61 Å². The van der Waals surface area contributed by atoms with Crippen LogP contribution in [0.4, 0.5) is 0 Å². The summed E-state index contributed by atoms with van der Waals surface area (Å²) in [6, 6.07) is 0. The van der Waals surface area contributed by atoms with Crippen LogP contribution in [0.15, 0.2) is 12.2 Å². The van der Waals surface area contributed by atoms with Crippen molar-refractivity contribution < 1.29 is 10.2 Å². The molecule has 9 unspecified atom stereocenters. The fourth-order valence-electron chi connectivity index (χ4n) is 10.7. The molecule has 4 rings (SSSR count). The van der Waals surface area contributed by atoms with Crippen LogP contribution >= 0.6 is 0 Å². The van der Waals surface area contributed by atoms with E-state index in [-0.39, 0.29) is 11.5 Å². The summed E-state index contributed by atoms with van der Waals surface area (Å²) in [6.45, 7) is 21.9. The minimum absolute atomic E-state index is 0.0115. The molecule has 0 spiro atoms. The second-order valence-electron chi connectivity index (χ2n) is 13.9. The highest BCUT2D eigenvalue weighted by Gasteiger charge is 2.68. The zero-order chi connectivity index (χ0) is 23.7. The van der Waals surface area contributed by atoms with Gasteiger partial charge in [0.1, 0.15) is 0 Å². The van der Waals surface area contributed by atoms with Crippen molar-refractivity contribution in [2.24, 2.45) is 57.2 Å². The van der Waals surface area contributed by atoms with Crippen molar-refractivity contribution in [2.45, 2.75) is 112 Å². The summed E-state index contributed by atoms with van der Waals surface area (Å²) < 4.78 is 0. The van der Waals surface area contributed by atoms with Crippen LogP contribution in [0.5, 0.6) is 0 Å². The Morgan fingerprint density at radius 3 is 2.22 bits per heavy atom. The first kappa shape index (κ1) is 24.8. The maximum atomic E-state index is 10.7. The number of rotatable bonds is 4. The summed E-state index contributed by atoms with van der Waals surface area (Å²) in [4.78, 5) is 0. The van der Waals surface area contributed by atoms with Gasteiger partial charge in [0.25, 0.3) is 0 Å². The lowest BCUT2D eigenvalue weighted by Gasteiger charge is -2.72. The van der Waals surface area contributed by atoms with Crippen LogP contribution in [0, 0.1) is 57.2 Å². The first-order valence-electron chi connectivity index (χ1n) is 13.8. The van der Waals surface area contributed by atoms with Crippen LogP contribution < -0.4 is 0 Å². The SMILES string of the molecule is C=C(C)[C@H](CC)C1C2CCC3C4(C)CCC(O)C(C)C4CCC3(C)[C@]2(C)CCC1(C)CO. The van der Waals surface area contributed by atoms with E-state index in [0.29, 0.717) is 52.4 Å². The Hall–Kier alpha value is -0.340. The van der Waals surface area contributed by atoms with Crippen molar-refractivity contribution in [1.82, 2.24) is 0 Å². The smallest absolute Gasteiger partial charge is 0.0568 e. The molecule has 11 atom stereocenters. The highest BCUT2D eigenvalue weighted by atomic mass is 16.3. The Bertz CT molecular complexity index is 730. The summed E-state index contributed by atoms with van der Waals surface area (Å²) >= 11 is 0. The minimum atomic E-state index is -0.102. The number of allylic oxidation sites excluding steroid dienone is 1. The van der Waals surface area contributed by atoms with Gasteiger partial charge >= 0.3 is 0 Å². The van der Waals surface area contributed by atoms with Crippen LogP contribution in [-0.4, -0.2) is 22.9 Å². The predicted molar refractivity (Wildman–Crippen MR) is 134 cm³/mol. The molecule has 0 bridgehead atoms. The van der Waals surface area contributed by atoms with E-state index in [2.05, 4.69) is 55.0 Å². The molecule has 4 fully saturated rings. The van der Waals surface area contributed by atoms with Gasteiger partial charge in [-0.1, -0.05) is 53.7 Å². The Labute approximate surface area is 198 Å². The zero-order valence-electron chi connectivity index (χ0n) is 22.2. The fraction of sp³-hybridized carbons (Fsp3) is 0.933. The van der Waals surface area contributed by atoms with E-state index >= 15 is 0 Å². The molecule has 0 aromatic carbocycles.